The monoisotopic (exact) mass is 306 g/mol. The summed E-state index contributed by atoms with van der Waals surface area (Å²) in [4.78, 5) is 0. The van der Waals surface area contributed by atoms with Crippen molar-refractivity contribution in [3.63, 3.8) is 0 Å². The van der Waals surface area contributed by atoms with Crippen LogP contribution in [0.1, 0.15) is 11.1 Å². The van der Waals surface area contributed by atoms with Crippen molar-refractivity contribution in [3.05, 3.63) is 33.8 Å². The van der Waals surface area contributed by atoms with E-state index >= 15 is 0 Å². The highest BCUT2D eigenvalue weighted by Gasteiger charge is 2.01. The molecule has 0 fully saturated rings. The third-order valence-corrected chi connectivity index (χ3v) is 3.78. The first-order valence-electron chi connectivity index (χ1n) is 4.85. The number of hydrogen-bond donors (Lipinski definition) is 2. The number of primary sulfonamides is 1. The first-order chi connectivity index (χ1) is 7.38. The van der Waals surface area contributed by atoms with Gasteiger partial charge in [-0.2, -0.15) is 0 Å². The van der Waals surface area contributed by atoms with E-state index in [9.17, 15) is 8.42 Å². The van der Waals surface area contributed by atoms with Crippen molar-refractivity contribution in [2.45, 2.75) is 13.5 Å². The predicted octanol–water partition coefficient (Wildman–Crippen LogP) is 1.14. The Morgan fingerprint density at radius 1 is 1.44 bits per heavy atom. The Balaban J connectivity index is 2.41. The van der Waals surface area contributed by atoms with Gasteiger partial charge in [0, 0.05) is 17.6 Å². The largest absolute Gasteiger partial charge is 0.312 e. The second-order valence-corrected chi connectivity index (χ2v) is 6.22. The van der Waals surface area contributed by atoms with Gasteiger partial charge in [0.1, 0.15) is 0 Å². The normalized spacial score (nSPS) is 11.7. The molecule has 6 heteroatoms. The summed E-state index contributed by atoms with van der Waals surface area (Å²) in [7, 11) is -3.36. The number of benzene rings is 1. The molecule has 1 aromatic rings. The van der Waals surface area contributed by atoms with Crippen molar-refractivity contribution in [3.8, 4) is 0 Å². The van der Waals surface area contributed by atoms with Gasteiger partial charge in [0.05, 0.1) is 5.75 Å². The van der Waals surface area contributed by atoms with E-state index < -0.39 is 10.0 Å². The minimum absolute atomic E-state index is 0.0392. The number of sulfonamides is 1. The summed E-state index contributed by atoms with van der Waals surface area (Å²) in [5, 5.41) is 7.92. The van der Waals surface area contributed by atoms with E-state index in [2.05, 4.69) is 21.2 Å². The molecule has 16 heavy (non-hydrogen) atoms. The van der Waals surface area contributed by atoms with Crippen LogP contribution in [0.25, 0.3) is 0 Å². The zero-order valence-corrected chi connectivity index (χ0v) is 11.4. The third kappa shape index (κ3) is 5.07. The molecule has 0 aliphatic rings. The second-order valence-electron chi connectivity index (χ2n) is 3.63. The zero-order chi connectivity index (χ0) is 12.2. The van der Waals surface area contributed by atoms with Crippen molar-refractivity contribution in [2.75, 3.05) is 12.3 Å². The molecule has 0 spiro atoms. The molecule has 0 unspecified atom stereocenters. The summed E-state index contributed by atoms with van der Waals surface area (Å²) >= 11 is 3.42. The Morgan fingerprint density at radius 3 is 2.69 bits per heavy atom. The average molecular weight is 307 g/mol. The summed E-state index contributed by atoms with van der Waals surface area (Å²) in [6.45, 7) is 3.02. The van der Waals surface area contributed by atoms with Crippen molar-refractivity contribution in [1.29, 1.82) is 0 Å². The number of aryl methyl sites for hydroxylation is 1. The Labute approximate surface area is 104 Å². The highest BCUT2D eigenvalue weighted by Crippen LogP contribution is 2.16. The van der Waals surface area contributed by atoms with E-state index in [4.69, 9.17) is 5.14 Å². The van der Waals surface area contributed by atoms with Crippen LogP contribution in [0.5, 0.6) is 0 Å². The van der Waals surface area contributed by atoms with Crippen molar-refractivity contribution in [2.24, 2.45) is 5.14 Å². The molecule has 90 valence electrons. The van der Waals surface area contributed by atoms with Gasteiger partial charge in [0.25, 0.3) is 0 Å². The maximum Gasteiger partial charge on any atom is 0.210 e. The number of nitrogens with two attached hydrogens (primary N) is 1. The molecule has 0 amide bonds. The molecule has 0 aliphatic carbocycles. The Bertz CT molecular complexity index is 460. The highest BCUT2D eigenvalue weighted by molar-refractivity contribution is 9.10. The lowest BCUT2D eigenvalue weighted by Crippen LogP contribution is -2.26. The third-order valence-electron chi connectivity index (χ3n) is 2.11. The predicted molar refractivity (Wildman–Crippen MR) is 68.6 cm³/mol. The van der Waals surface area contributed by atoms with Gasteiger partial charge in [0.2, 0.25) is 10.0 Å². The summed E-state index contributed by atoms with van der Waals surface area (Å²) in [5.41, 5.74) is 2.28. The molecular formula is C10H15BrN2O2S. The first-order valence-corrected chi connectivity index (χ1v) is 7.35. The van der Waals surface area contributed by atoms with Gasteiger partial charge in [-0.3, -0.25) is 0 Å². The quantitative estimate of drug-likeness (QED) is 0.801. The van der Waals surface area contributed by atoms with E-state index in [1.165, 1.54) is 0 Å². The molecule has 0 bridgehead atoms. The van der Waals surface area contributed by atoms with Gasteiger partial charge >= 0.3 is 0 Å². The molecule has 0 aliphatic heterocycles. The summed E-state index contributed by atoms with van der Waals surface area (Å²) < 4.78 is 22.4. The molecule has 0 aromatic heterocycles. The fourth-order valence-electron chi connectivity index (χ4n) is 1.26. The van der Waals surface area contributed by atoms with Gasteiger partial charge < -0.3 is 5.32 Å². The Kier molecular flexibility index (Phi) is 4.91. The lowest BCUT2D eigenvalue weighted by Gasteiger charge is -2.06. The fourth-order valence-corrected chi connectivity index (χ4v) is 1.94. The van der Waals surface area contributed by atoms with Crippen LogP contribution in [0.15, 0.2) is 22.7 Å². The van der Waals surface area contributed by atoms with Gasteiger partial charge in [-0.25, -0.2) is 13.6 Å². The summed E-state index contributed by atoms with van der Waals surface area (Å²) in [6, 6.07) is 6.01. The van der Waals surface area contributed by atoms with Gasteiger partial charge in [-0.15, -0.1) is 0 Å². The van der Waals surface area contributed by atoms with Crippen LogP contribution in [0, 0.1) is 6.92 Å². The standard InChI is InChI=1S/C10H15BrN2O2S/c1-8-6-9(2-3-10(8)11)7-13-4-5-16(12,14)15/h2-3,6,13H,4-5,7H2,1H3,(H2,12,14,15). The highest BCUT2D eigenvalue weighted by atomic mass is 79.9. The number of nitrogens with one attached hydrogen (secondary N) is 1. The average Bonchev–Trinajstić information content (AvgIpc) is 2.17. The van der Waals surface area contributed by atoms with Crippen LogP contribution in [-0.2, 0) is 16.6 Å². The molecule has 0 atom stereocenters. The number of rotatable bonds is 5. The smallest absolute Gasteiger partial charge is 0.210 e. The van der Waals surface area contributed by atoms with E-state index in [0.29, 0.717) is 13.1 Å². The minimum Gasteiger partial charge on any atom is -0.312 e. The summed E-state index contributed by atoms with van der Waals surface area (Å²) in [5.74, 6) is -0.0392. The lowest BCUT2D eigenvalue weighted by atomic mass is 10.1. The van der Waals surface area contributed by atoms with E-state index in [1.807, 2.05) is 25.1 Å². The molecular weight excluding hydrogens is 292 g/mol. The van der Waals surface area contributed by atoms with Crippen LogP contribution >= 0.6 is 15.9 Å². The first kappa shape index (κ1) is 13.6. The Morgan fingerprint density at radius 2 is 2.12 bits per heavy atom. The maximum absolute atomic E-state index is 10.7. The van der Waals surface area contributed by atoms with Crippen LogP contribution in [0.2, 0.25) is 0 Å². The minimum atomic E-state index is -3.36. The van der Waals surface area contributed by atoms with Crippen LogP contribution < -0.4 is 10.5 Å². The second kappa shape index (κ2) is 5.77. The van der Waals surface area contributed by atoms with Crippen LogP contribution in [0.4, 0.5) is 0 Å². The molecule has 0 saturated heterocycles. The molecule has 1 rings (SSSR count). The zero-order valence-electron chi connectivity index (χ0n) is 9.03. The molecule has 0 saturated carbocycles. The van der Waals surface area contributed by atoms with Gasteiger partial charge in [-0.1, -0.05) is 28.1 Å². The van der Waals surface area contributed by atoms with E-state index in [-0.39, 0.29) is 5.75 Å². The maximum atomic E-state index is 10.7. The number of hydrogen-bond acceptors (Lipinski definition) is 3. The fraction of sp³-hybridized carbons (Fsp3) is 0.400. The topological polar surface area (TPSA) is 72.2 Å². The van der Waals surface area contributed by atoms with Crippen LogP contribution in [-0.4, -0.2) is 20.7 Å². The SMILES string of the molecule is Cc1cc(CNCCS(N)(=O)=O)ccc1Br. The van der Waals surface area contributed by atoms with E-state index in [0.717, 1.165) is 15.6 Å². The summed E-state index contributed by atoms with van der Waals surface area (Å²) in [6.07, 6.45) is 0. The molecule has 0 radical (unpaired) electrons. The molecule has 4 nitrogen and oxygen atoms in total. The van der Waals surface area contributed by atoms with Crippen molar-refractivity contribution >= 4 is 26.0 Å². The van der Waals surface area contributed by atoms with Crippen molar-refractivity contribution in [1.82, 2.24) is 5.32 Å². The van der Waals surface area contributed by atoms with Crippen molar-refractivity contribution < 1.29 is 8.42 Å². The van der Waals surface area contributed by atoms with E-state index in [1.54, 1.807) is 0 Å². The molecule has 3 N–H and O–H groups in total. The Hall–Kier alpha value is -0.430. The lowest BCUT2D eigenvalue weighted by molar-refractivity contribution is 0.592. The van der Waals surface area contributed by atoms with Crippen LogP contribution in [0.3, 0.4) is 0 Å². The molecule has 1 aromatic carbocycles. The van der Waals surface area contributed by atoms with Gasteiger partial charge in [0.15, 0.2) is 0 Å². The number of halogens is 1. The van der Waals surface area contributed by atoms with Gasteiger partial charge in [-0.05, 0) is 24.1 Å². The molecule has 0 heterocycles.